The van der Waals surface area contributed by atoms with E-state index in [9.17, 15) is 4.57 Å². The van der Waals surface area contributed by atoms with Crippen LogP contribution in [-0.2, 0) is 13.6 Å². The second-order valence-electron chi connectivity index (χ2n) is 3.45. The molecule has 17 heavy (non-hydrogen) atoms. The third kappa shape index (κ3) is 5.31. The van der Waals surface area contributed by atoms with Gasteiger partial charge in [0.2, 0.25) is 0 Å². The third-order valence-corrected chi connectivity index (χ3v) is 4.16. The predicted octanol–water partition coefficient (Wildman–Crippen LogP) is 3.97. The lowest BCUT2D eigenvalue weighted by Gasteiger charge is -2.14. The van der Waals surface area contributed by atoms with Crippen LogP contribution in [0.2, 0.25) is 0 Å². The Bertz CT molecular complexity index is 387. The van der Waals surface area contributed by atoms with Crippen molar-refractivity contribution in [3.05, 3.63) is 42.0 Å². The molecule has 1 aromatic rings. The molecular weight excluding hydrogens is 235 g/mol. The van der Waals surface area contributed by atoms with Crippen molar-refractivity contribution in [2.75, 3.05) is 19.4 Å². The summed E-state index contributed by atoms with van der Waals surface area (Å²) in [7, 11) is -2.87. The highest BCUT2D eigenvalue weighted by molar-refractivity contribution is 7.53. The normalized spacial score (nSPS) is 14.9. The van der Waals surface area contributed by atoms with Gasteiger partial charge in [-0.2, -0.15) is 0 Å². The van der Waals surface area contributed by atoms with Crippen LogP contribution < -0.4 is 0 Å². The number of hydrogen-bond acceptors (Lipinski definition) is 3. The largest absolute Gasteiger partial charge is 0.330 e. The zero-order chi connectivity index (χ0) is 12.6. The van der Waals surface area contributed by atoms with E-state index in [2.05, 4.69) is 0 Å². The molecule has 0 amide bonds. The Hall–Kier alpha value is -0.890. The molecule has 1 aromatic carbocycles. The number of hydrogen-bond donors (Lipinski definition) is 0. The molecule has 0 heterocycles. The van der Waals surface area contributed by atoms with E-state index in [0.717, 1.165) is 5.56 Å². The molecule has 1 atom stereocenters. The highest BCUT2D eigenvalue weighted by Gasteiger charge is 2.19. The quantitative estimate of drug-likeness (QED) is 0.691. The van der Waals surface area contributed by atoms with Crippen LogP contribution in [0, 0.1) is 0 Å². The van der Waals surface area contributed by atoms with Gasteiger partial charge in [0.25, 0.3) is 0 Å². The molecule has 0 radical (unpaired) electrons. The molecule has 0 spiro atoms. The van der Waals surface area contributed by atoms with Gasteiger partial charge in [-0.25, -0.2) is 0 Å². The molecular formula is C13H19O3P. The molecule has 1 rings (SSSR count). The summed E-state index contributed by atoms with van der Waals surface area (Å²) in [5.41, 5.74) is 1.10. The zero-order valence-corrected chi connectivity index (χ0v) is 11.2. The summed E-state index contributed by atoms with van der Waals surface area (Å²) in [4.78, 5) is 0. The average molecular weight is 254 g/mol. The average Bonchev–Trinajstić information content (AvgIpc) is 2.36. The minimum atomic E-state index is -2.87. The first-order valence-electron chi connectivity index (χ1n) is 5.80. The zero-order valence-electron chi connectivity index (χ0n) is 10.3. The predicted molar refractivity (Wildman–Crippen MR) is 71.2 cm³/mol. The maximum atomic E-state index is 11.9. The highest BCUT2D eigenvalue weighted by Crippen LogP contribution is 2.47. The van der Waals surface area contributed by atoms with Gasteiger partial charge >= 0.3 is 7.60 Å². The summed E-state index contributed by atoms with van der Waals surface area (Å²) in [6, 6.07) is 9.90. The maximum absolute atomic E-state index is 11.9. The van der Waals surface area contributed by atoms with E-state index < -0.39 is 7.60 Å². The molecule has 0 N–H and O–H groups in total. The van der Waals surface area contributed by atoms with E-state index >= 15 is 0 Å². The van der Waals surface area contributed by atoms with Crippen LogP contribution in [0.4, 0.5) is 0 Å². The Balaban J connectivity index is 2.42. The summed E-state index contributed by atoms with van der Waals surface area (Å²) in [5.74, 6) is 0. The molecule has 0 aliphatic heterocycles. The van der Waals surface area contributed by atoms with Gasteiger partial charge in [0.15, 0.2) is 0 Å². The maximum Gasteiger partial charge on any atom is 0.330 e. The molecule has 1 unspecified atom stereocenters. The minimum absolute atomic E-state index is 0.306. The monoisotopic (exact) mass is 254 g/mol. The van der Waals surface area contributed by atoms with Crippen LogP contribution in [0.3, 0.4) is 0 Å². The SMILES string of the molecule is CCOP(=O)(CC)OCC=Cc1ccccc1. The van der Waals surface area contributed by atoms with Gasteiger partial charge in [0.05, 0.1) is 13.2 Å². The lowest BCUT2D eigenvalue weighted by Crippen LogP contribution is -1.97. The first-order chi connectivity index (χ1) is 8.20. The van der Waals surface area contributed by atoms with Crippen molar-refractivity contribution in [1.82, 2.24) is 0 Å². The van der Waals surface area contributed by atoms with Gasteiger partial charge in [-0.15, -0.1) is 0 Å². The van der Waals surface area contributed by atoms with Crippen LogP contribution in [0.1, 0.15) is 19.4 Å². The van der Waals surface area contributed by atoms with Gasteiger partial charge in [-0.05, 0) is 12.5 Å². The third-order valence-electron chi connectivity index (χ3n) is 2.19. The molecule has 0 saturated carbocycles. The topological polar surface area (TPSA) is 35.5 Å². The molecule has 4 heteroatoms. The first kappa shape index (κ1) is 14.2. The van der Waals surface area contributed by atoms with E-state index in [0.29, 0.717) is 19.4 Å². The molecule has 3 nitrogen and oxygen atoms in total. The fourth-order valence-corrected chi connectivity index (χ4v) is 2.47. The summed E-state index contributed by atoms with van der Waals surface area (Å²) >= 11 is 0. The Kier molecular flexibility index (Phi) is 6.20. The summed E-state index contributed by atoms with van der Waals surface area (Å²) in [6.07, 6.45) is 4.18. The Morgan fingerprint density at radius 2 is 1.88 bits per heavy atom. The van der Waals surface area contributed by atoms with Crippen molar-refractivity contribution in [2.45, 2.75) is 13.8 Å². The molecule has 94 valence electrons. The van der Waals surface area contributed by atoms with E-state index in [4.69, 9.17) is 9.05 Å². The summed E-state index contributed by atoms with van der Waals surface area (Å²) in [6.45, 7) is 4.33. The van der Waals surface area contributed by atoms with Crippen LogP contribution in [-0.4, -0.2) is 19.4 Å². The second-order valence-corrected chi connectivity index (χ2v) is 5.82. The Labute approximate surface area is 103 Å². The van der Waals surface area contributed by atoms with Gasteiger partial charge < -0.3 is 9.05 Å². The number of rotatable bonds is 7. The highest BCUT2D eigenvalue weighted by atomic mass is 31.2. The van der Waals surface area contributed by atoms with E-state index in [1.807, 2.05) is 49.4 Å². The van der Waals surface area contributed by atoms with Gasteiger partial charge in [0.1, 0.15) is 0 Å². The fourth-order valence-electron chi connectivity index (χ4n) is 1.32. The van der Waals surface area contributed by atoms with Gasteiger partial charge in [0, 0.05) is 6.16 Å². The first-order valence-corrected chi connectivity index (χ1v) is 7.52. The lowest BCUT2D eigenvalue weighted by molar-refractivity contribution is 0.229. The van der Waals surface area contributed by atoms with Crippen molar-refractivity contribution >= 4 is 13.7 Å². The van der Waals surface area contributed by atoms with E-state index in [-0.39, 0.29) is 0 Å². The molecule has 0 aliphatic carbocycles. The van der Waals surface area contributed by atoms with Crippen molar-refractivity contribution in [3.63, 3.8) is 0 Å². The van der Waals surface area contributed by atoms with Crippen molar-refractivity contribution in [2.24, 2.45) is 0 Å². The van der Waals surface area contributed by atoms with E-state index in [1.165, 1.54) is 0 Å². The minimum Gasteiger partial charge on any atom is -0.309 e. The van der Waals surface area contributed by atoms with Crippen LogP contribution in [0.5, 0.6) is 0 Å². The van der Waals surface area contributed by atoms with E-state index in [1.54, 1.807) is 6.92 Å². The lowest BCUT2D eigenvalue weighted by atomic mass is 10.2. The molecule has 0 bridgehead atoms. The molecule has 0 saturated heterocycles. The Morgan fingerprint density at radius 1 is 1.18 bits per heavy atom. The molecule has 0 aliphatic rings. The Morgan fingerprint density at radius 3 is 2.47 bits per heavy atom. The molecule has 0 aromatic heterocycles. The number of benzene rings is 1. The standard InChI is InChI=1S/C13H19O3P/c1-3-15-17(14,4-2)16-12-8-11-13-9-6-5-7-10-13/h5-11H,3-4,12H2,1-2H3. The van der Waals surface area contributed by atoms with Crippen LogP contribution in [0.15, 0.2) is 36.4 Å². The van der Waals surface area contributed by atoms with Crippen molar-refractivity contribution < 1.29 is 13.6 Å². The summed E-state index contributed by atoms with van der Waals surface area (Å²) < 4.78 is 22.3. The van der Waals surface area contributed by atoms with Crippen LogP contribution >= 0.6 is 7.60 Å². The second kappa shape index (κ2) is 7.44. The summed E-state index contributed by atoms with van der Waals surface area (Å²) in [5, 5.41) is 0. The van der Waals surface area contributed by atoms with Gasteiger partial charge in [-0.1, -0.05) is 49.4 Å². The van der Waals surface area contributed by atoms with Gasteiger partial charge in [-0.3, -0.25) is 4.57 Å². The van der Waals surface area contributed by atoms with Crippen molar-refractivity contribution in [3.8, 4) is 0 Å². The molecule has 0 fully saturated rings. The van der Waals surface area contributed by atoms with Crippen molar-refractivity contribution in [1.29, 1.82) is 0 Å². The fraction of sp³-hybridized carbons (Fsp3) is 0.385. The van der Waals surface area contributed by atoms with Crippen LogP contribution in [0.25, 0.3) is 6.08 Å². The smallest absolute Gasteiger partial charge is 0.309 e.